The molecule has 0 spiro atoms. The van der Waals surface area contributed by atoms with Crippen molar-refractivity contribution in [1.82, 2.24) is 10.4 Å². The number of carbonyl (C=O) groups excluding carboxylic acids is 1. The average Bonchev–Trinajstić information content (AvgIpc) is 2.48. The van der Waals surface area contributed by atoms with Gasteiger partial charge in [-0.3, -0.25) is 9.78 Å². The number of carbonyl (C=O) groups is 1. The third-order valence-corrected chi connectivity index (χ3v) is 3.12. The lowest BCUT2D eigenvalue weighted by molar-refractivity contribution is 0.0955. The summed E-state index contributed by atoms with van der Waals surface area (Å²) in [5, 5.41) is 3.91. The van der Waals surface area contributed by atoms with Crippen molar-refractivity contribution in [2.75, 3.05) is 7.11 Å². The summed E-state index contributed by atoms with van der Waals surface area (Å²) in [5.74, 6) is 0.458. The molecule has 0 aliphatic rings. The number of benzene rings is 1. The molecule has 1 aromatic carbocycles. The monoisotopic (exact) mass is 333 g/mol. The van der Waals surface area contributed by atoms with Crippen LogP contribution >= 0.6 is 15.9 Å². The number of nitrogens with one attached hydrogen (secondary N) is 1. The Labute approximate surface area is 124 Å². The van der Waals surface area contributed by atoms with E-state index in [1.165, 1.54) is 0 Å². The standard InChI is InChI=1S/C14H12BrN3O2/c1-20-13-3-2-10(8-12(13)15)9-17-18-14(19)11-4-6-16-7-5-11/h2-9H,1H3,(H,18,19)/b17-9-. The van der Waals surface area contributed by atoms with Gasteiger partial charge in [0, 0.05) is 18.0 Å². The zero-order valence-corrected chi connectivity index (χ0v) is 12.3. The Kier molecular flexibility index (Phi) is 4.84. The number of amides is 1. The number of hydrogen-bond acceptors (Lipinski definition) is 4. The first-order valence-electron chi connectivity index (χ1n) is 5.77. The molecule has 0 fully saturated rings. The first-order chi connectivity index (χ1) is 9.70. The van der Waals surface area contributed by atoms with E-state index in [0.29, 0.717) is 5.56 Å². The van der Waals surface area contributed by atoms with Crippen LogP contribution in [0.2, 0.25) is 0 Å². The topological polar surface area (TPSA) is 63.6 Å². The average molecular weight is 334 g/mol. The smallest absolute Gasteiger partial charge is 0.271 e. The lowest BCUT2D eigenvalue weighted by Crippen LogP contribution is -2.17. The molecular weight excluding hydrogens is 322 g/mol. The molecule has 2 aromatic rings. The summed E-state index contributed by atoms with van der Waals surface area (Å²) in [6.07, 6.45) is 4.67. The molecule has 0 atom stereocenters. The van der Waals surface area contributed by atoms with Crippen molar-refractivity contribution in [2.24, 2.45) is 5.10 Å². The molecule has 0 saturated carbocycles. The summed E-state index contributed by atoms with van der Waals surface area (Å²) >= 11 is 3.38. The van der Waals surface area contributed by atoms with Crippen LogP contribution < -0.4 is 10.2 Å². The Morgan fingerprint density at radius 3 is 2.75 bits per heavy atom. The molecule has 2 rings (SSSR count). The number of hydrogen-bond donors (Lipinski definition) is 1. The minimum Gasteiger partial charge on any atom is -0.496 e. The zero-order chi connectivity index (χ0) is 14.4. The van der Waals surface area contributed by atoms with Crippen LogP contribution in [0.5, 0.6) is 5.75 Å². The van der Waals surface area contributed by atoms with Gasteiger partial charge in [-0.15, -0.1) is 0 Å². The molecule has 0 aliphatic carbocycles. The molecule has 0 aliphatic heterocycles. The number of rotatable bonds is 4. The SMILES string of the molecule is COc1ccc(/C=N\NC(=O)c2ccncc2)cc1Br. The van der Waals surface area contributed by atoms with Crippen molar-refractivity contribution in [3.63, 3.8) is 0 Å². The summed E-state index contributed by atoms with van der Waals surface area (Å²) in [5.41, 5.74) is 3.80. The fourth-order valence-corrected chi connectivity index (χ4v) is 2.05. The highest BCUT2D eigenvalue weighted by Crippen LogP contribution is 2.24. The minimum atomic E-state index is -0.281. The Balaban J connectivity index is 2.00. The predicted octanol–water partition coefficient (Wildman–Crippen LogP) is 2.62. The maximum Gasteiger partial charge on any atom is 0.271 e. The Bertz CT molecular complexity index is 630. The van der Waals surface area contributed by atoms with E-state index in [-0.39, 0.29) is 5.91 Å². The van der Waals surface area contributed by atoms with E-state index in [4.69, 9.17) is 4.74 Å². The van der Waals surface area contributed by atoms with E-state index < -0.39 is 0 Å². The van der Waals surface area contributed by atoms with Gasteiger partial charge in [0.2, 0.25) is 0 Å². The van der Waals surface area contributed by atoms with Crippen LogP contribution in [-0.4, -0.2) is 24.2 Å². The lowest BCUT2D eigenvalue weighted by Gasteiger charge is -2.03. The van der Waals surface area contributed by atoms with Gasteiger partial charge >= 0.3 is 0 Å². The summed E-state index contributed by atoms with van der Waals surface area (Å²) in [6.45, 7) is 0. The van der Waals surface area contributed by atoms with Crippen LogP contribution in [0.4, 0.5) is 0 Å². The van der Waals surface area contributed by atoms with Gasteiger partial charge in [0.15, 0.2) is 0 Å². The number of aromatic nitrogens is 1. The Hall–Kier alpha value is -2.21. The minimum absolute atomic E-state index is 0.281. The van der Waals surface area contributed by atoms with E-state index in [2.05, 4.69) is 31.4 Å². The van der Waals surface area contributed by atoms with Gasteiger partial charge in [0.1, 0.15) is 5.75 Å². The number of ether oxygens (including phenoxy) is 1. The molecule has 0 radical (unpaired) electrons. The van der Waals surface area contributed by atoms with E-state index in [1.807, 2.05) is 18.2 Å². The number of nitrogens with zero attached hydrogens (tertiary/aromatic N) is 2. The summed E-state index contributed by atoms with van der Waals surface area (Å²) < 4.78 is 5.96. The normalized spacial score (nSPS) is 10.5. The van der Waals surface area contributed by atoms with Crippen molar-refractivity contribution in [1.29, 1.82) is 0 Å². The van der Waals surface area contributed by atoms with Crippen molar-refractivity contribution in [3.8, 4) is 5.75 Å². The maximum atomic E-state index is 11.7. The molecule has 6 heteroatoms. The van der Waals surface area contributed by atoms with Crippen molar-refractivity contribution in [3.05, 3.63) is 58.3 Å². The first-order valence-corrected chi connectivity index (χ1v) is 6.57. The predicted molar refractivity (Wildman–Crippen MR) is 80.0 cm³/mol. The van der Waals surface area contributed by atoms with Crippen molar-refractivity contribution in [2.45, 2.75) is 0 Å². The molecular formula is C14H12BrN3O2. The van der Waals surface area contributed by atoms with Crippen molar-refractivity contribution >= 4 is 28.1 Å². The molecule has 1 N–H and O–H groups in total. The molecule has 0 bridgehead atoms. The van der Waals surface area contributed by atoms with E-state index in [9.17, 15) is 4.79 Å². The maximum absolute atomic E-state index is 11.7. The van der Waals surface area contributed by atoms with Crippen LogP contribution in [-0.2, 0) is 0 Å². The van der Waals surface area contributed by atoms with Gasteiger partial charge in [0.25, 0.3) is 5.91 Å². The second-order valence-electron chi connectivity index (χ2n) is 3.83. The van der Waals surface area contributed by atoms with Crippen LogP contribution in [0.3, 0.4) is 0 Å². The third-order valence-electron chi connectivity index (χ3n) is 2.50. The number of hydrazone groups is 1. The second-order valence-corrected chi connectivity index (χ2v) is 4.68. The third kappa shape index (κ3) is 3.64. The number of halogens is 1. The summed E-state index contributed by atoms with van der Waals surface area (Å²) in [6, 6.07) is 8.74. The van der Waals surface area contributed by atoms with Gasteiger partial charge < -0.3 is 4.74 Å². The molecule has 5 nitrogen and oxygen atoms in total. The highest BCUT2D eigenvalue weighted by molar-refractivity contribution is 9.10. The molecule has 102 valence electrons. The molecule has 0 saturated heterocycles. The van der Waals surface area contributed by atoms with Gasteiger partial charge in [-0.1, -0.05) is 0 Å². The highest BCUT2D eigenvalue weighted by Gasteiger charge is 2.02. The Morgan fingerprint density at radius 2 is 2.10 bits per heavy atom. The quantitative estimate of drug-likeness (QED) is 0.691. The molecule has 1 amide bonds. The molecule has 1 aromatic heterocycles. The fourth-order valence-electron chi connectivity index (χ4n) is 1.50. The van der Waals surface area contributed by atoms with E-state index >= 15 is 0 Å². The fraction of sp³-hybridized carbons (Fsp3) is 0.0714. The van der Waals surface area contributed by atoms with Crippen LogP contribution in [0.15, 0.2) is 52.3 Å². The first kappa shape index (κ1) is 14.2. The Morgan fingerprint density at radius 1 is 1.35 bits per heavy atom. The molecule has 0 unspecified atom stereocenters. The summed E-state index contributed by atoms with van der Waals surface area (Å²) in [4.78, 5) is 15.6. The van der Waals surface area contributed by atoms with Crippen molar-refractivity contribution < 1.29 is 9.53 Å². The van der Waals surface area contributed by atoms with Gasteiger partial charge in [-0.05, 0) is 51.8 Å². The highest BCUT2D eigenvalue weighted by atomic mass is 79.9. The lowest BCUT2D eigenvalue weighted by atomic mass is 10.2. The van der Waals surface area contributed by atoms with Crippen LogP contribution in [0.25, 0.3) is 0 Å². The summed E-state index contributed by atoms with van der Waals surface area (Å²) in [7, 11) is 1.60. The number of methoxy groups -OCH3 is 1. The largest absolute Gasteiger partial charge is 0.496 e. The zero-order valence-electron chi connectivity index (χ0n) is 10.7. The van der Waals surface area contributed by atoms with Crippen LogP contribution in [0.1, 0.15) is 15.9 Å². The van der Waals surface area contributed by atoms with Gasteiger partial charge in [0.05, 0.1) is 17.8 Å². The van der Waals surface area contributed by atoms with E-state index in [1.54, 1.807) is 37.9 Å². The molecule has 20 heavy (non-hydrogen) atoms. The van der Waals surface area contributed by atoms with E-state index in [0.717, 1.165) is 15.8 Å². The second kappa shape index (κ2) is 6.81. The molecule has 1 heterocycles. The number of pyridine rings is 1. The van der Waals surface area contributed by atoms with Gasteiger partial charge in [-0.2, -0.15) is 5.10 Å². The van der Waals surface area contributed by atoms with Crippen LogP contribution in [0, 0.1) is 0 Å². The van der Waals surface area contributed by atoms with Gasteiger partial charge in [-0.25, -0.2) is 5.43 Å².